The van der Waals surface area contributed by atoms with Crippen LogP contribution < -0.4 is 0 Å². The SMILES string of the molecule is c1cc2cc(Cn3nnc4ncc(-c5cnn(CCC6CCCCO6)c5)nc43)ccn2n1. The molecule has 0 amide bonds. The Labute approximate surface area is 183 Å². The Balaban J connectivity index is 1.22. The van der Waals surface area contributed by atoms with Crippen molar-refractivity contribution < 1.29 is 4.74 Å². The fourth-order valence-electron chi connectivity index (χ4n) is 4.17. The van der Waals surface area contributed by atoms with Gasteiger partial charge in [-0.05, 0) is 49.4 Å². The van der Waals surface area contributed by atoms with Crippen LogP contribution in [0.5, 0.6) is 0 Å². The largest absolute Gasteiger partial charge is 0.378 e. The summed E-state index contributed by atoms with van der Waals surface area (Å²) in [5, 5.41) is 17.2. The van der Waals surface area contributed by atoms with Crippen LogP contribution in [-0.4, -0.2) is 57.1 Å². The summed E-state index contributed by atoms with van der Waals surface area (Å²) in [6.45, 7) is 2.26. The lowest BCUT2D eigenvalue weighted by atomic mass is 10.1. The molecule has 6 rings (SSSR count). The second kappa shape index (κ2) is 8.12. The van der Waals surface area contributed by atoms with E-state index in [0.29, 0.717) is 23.9 Å². The number of hydrogen-bond donors (Lipinski definition) is 0. The molecule has 0 spiro atoms. The Morgan fingerprint density at radius 3 is 3.06 bits per heavy atom. The molecule has 0 aromatic carbocycles. The van der Waals surface area contributed by atoms with E-state index in [-0.39, 0.29) is 0 Å². The summed E-state index contributed by atoms with van der Waals surface area (Å²) in [5.74, 6) is 0. The van der Waals surface area contributed by atoms with Crippen LogP contribution in [0, 0.1) is 0 Å². The maximum atomic E-state index is 5.83. The van der Waals surface area contributed by atoms with Gasteiger partial charge in [-0.15, -0.1) is 5.10 Å². The van der Waals surface area contributed by atoms with E-state index < -0.39 is 0 Å². The number of fused-ring (bicyclic) bond motifs is 2. The van der Waals surface area contributed by atoms with Gasteiger partial charge in [0, 0.05) is 37.3 Å². The topological polar surface area (TPSA) is 101 Å². The van der Waals surface area contributed by atoms with Crippen molar-refractivity contribution in [1.29, 1.82) is 0 Å². The third-order valence-electron chi connectivity index (χ3n) is 5.91. The minimum atomic E-state index is 0.342. The van der Waals surface area contributed by atoms with Crippen LogP contribution in [0.3, 0.4) is 0 Å². The van der Waals surface area contributed by atoms with Gasteiger partial charge in [0.25, 0.3) is 0 Å². The molecule has 5 aromatic heterocycles. The van der Waals surface area contributed by atoms with Gasteiger partial charge in [-0.25, -0.2) is 19.2 Å². The predicted octanol–water partition coefficient (Wildman–Crippen LogP) is 2.74. The first-order valence-corrected chi connectivity index (χ1v) is 10.9. The van der Waals surface area contributed by atoms with Gasteiger partial charge in [0.1, 0.15) is 0 Å². The van der Waals surface area contributed by atoms with Crippen molar-refractivity contribution in [2.75, 3.05) is 6.61 Å². The van der Waals surface area contributed by atoms with Gasteiger partial charge in [0.15, 0.2) is 5.65 Å². The highest BCUT2D eigenvalue weighted by Crippen LogP contribution is 2.20. The van der Waals surface area contributed by atoms with Crippen molar-refractivity contribution in [3.8, 4) is 11.3 Å². The van der Waals surface area contributed by atoms with Crippen LogP contribution in [0.25, 0.3) is 28.1 Å². The molecule has 1 unspecified atom stereocenters. The standard InChI is InChI=1S/C22H23N9O/c1-2-10-32-19(3-1)6-8-29-15-17(12-25-29)20-13-23-21-22(26-20)31(28-27-21)14-16-5-9-30-18(11-16)4-7-24-30/h4-5,7,9,11-13,15,19H,1-3,6,8,10,14H2. The quantitative estimate of drug-likeness (QED) is 0.409. The molecule has 6 heterocycles. The highest BCUT2D eigenvalue weighted by Gasteiger charge is 2.15. The number of aromatic nitrogens is 9. The van der Waals surface area contributed by atoms with Gasteiger partial charge in [-0.1, -0.05) is 5.21 Å². The molecule has 1 saturated heterocycles. The molecule has 32 heavy (non-hydrogen) atoms. The first kappa shape index (κ1) is 19.1. The van der Waals surface area contributed by atoms with E-state index in [2.05, 4.69) is 31.6 Å². The van der Waals surface area contributed by atoms with Crippen molar-refractivity contribution in [2.45, 2.75) is 44.9 Å². The summed E-state index contributed by atoms with van der Waals surface area (Å²) < 4.78 is 11.4. The van der Waals surface area contributed by atoms with Crippen molar-refractivity contribution in [2.24, 2.45) is 0 Å². The predicted molar refractivity (Wildman–Crippen MR) is 117 cm³/mol. The first-order valence-electron chi connectivity index (χ1n) is 10.9. The van der Waals surface area contributed by atoms with Crippen LogP contribution in [0.2, 0.25) is 0 Å². The molecular weight excluding hydrogens is 406 g/mol. The maximum absolute atomic E-state index is 5.83. The van der Waals surface area contributed by atoms with Gasteiger partial charge in [0.05, 0.1) is 36.3 Å². The van der Waals surface area contributed by atoms with Crippen molar-refractivity contribution >= 4 is 16.8 Å². The molecule has 0 N–H and O–H groups in total. The Bertz CT molecular complexity index is 1360. The molecule has 5 aromatic rings. The van der Waals surface area contributed by atoms with E-state index in [1.165, 1.54) is 12.8 Å². The lowest BCUT2D eigenvalue weighted by Gasteiger charge is -2.22. The molecular formula is C22H23N9O. The molecule has 0 aliphatic carbocycles. The molecule has 1 aliphatic rings. The lowest BCUT2D eigenvalue weighted by Crippen LogP contribution is -2.20. The Hall–Kier alpha value is -3.66. The minimum Gasteiger partial charge on any atom is -0.378 e. The summed E-state index contributed by atoms with van der Waals surface area (Å²) in [6, 6.07) is 6.07. The third kappa shape index (κ3) is 3.73. The fraction of sp³-hybridized carbons (Fsp3) is 0.364. The van der Waals surface area contributed by atoms with Crippen LogP contribution in [0.1, 0.15) is 31.2 Å². The summed E-state index contributed by atoms with van der Waals surface area (Å²) >= 11 is 0. The van der Waals surface area contributed by atoms with Crippen LogP contribution in [-0.2, 0) is 17.8 Å². The smallest absolute Gasteiger partial charge is 0.221 e. The van der Waals surface area contributed by atoms with Gasteiger partial charge < -0.3 is 4.74 Å². The van der Waals surface area contributed by atoms with Crippen LogP contribution >= 0.6 is 0 Å². The molecule has 10 nitrogen and oxygen atoms in total. The summed E-state index contributed by atoms with van der Waals surface area (Å²) in [6.07, 6.45) is 14.2. The fourth-order valence-corrected chi connectivity index (χ4v) is 4.17. The summed E-state index contributed by atoms with van der Waals surface area (Å²) in [7, 11) is 0. The minimum absolute atomic E-state index is 0.342. The summed E-state index contributed by atoms with van der Waals surface area (Å²) in [4.78, 5) is 9.26. The van der Waals surface area contributed by atoms with Gasteiger partial charge >= 0.3 is 0 Å². The van der Waals surface area contributed by atoms with Crippen molar-refractivity contribution in [3.63, 3.8) is 0 Å². The van der Waals surface area contributed by atoms with Gasteiger partial charge in [-0.2, -0.15) is 10.2 Å². The number of rotatable bonds is 6. The molecule has 0 radical (unpaired) electrons. The van der Waals surface area contributed by atoms with Crippen molar-refractivity contribution in [1.82, 2.24) is 44.4 Å². The normalized spacial score (nSPS) is 16.8. The Morgan fingerprint density at radius 2 is 2.12 bits per heavy atom. The number of ether oxygens (including phenoxy) is 1. The highest BCUT2D eigenvalue weighted by atomic mass is 16.5. The first-order chi connectivity index (χ1) is 15.8. The van der Waals surface area contributed by atoms with E-state index in [9.17, 15) is 0 Å². The van der Waals surface area contributed by atoms with E-state index >= 15 is 0 Å². The number of nitrogens with zero attached hydrogens (tertiary/aromatic N) is 9. The van der Waals surface area contributed by atoms with Crippen molar-refractivity contribution in [3.05, 3.63) is 54.7 Å². The zero-order valence-corrected chi connectivity index (χ0v) is 17.6. The maximum Gasteiger partial charge on any atom is 0.221 e. The molecule has 1 aliphatic heterocycles. The number of hydrogen-bond acceptors (Lipinski definition) is 7. The van der Waals surface area contributed by atoms with E-state index in [4.69, 9.17) is 9.72 Å². The average molecular weight is 429 g/mol. The van der Waals surface area contributed by atoms with Gasteiger partial charge in [-0.3, -0.25) is 4.68 Å². The lowest BCUT2D eigenvalue weighted by molar-refractivity contribution is 0.00828. The molecule has 1 fully saturated rings. The zero-order chi connectivity index (χ0) is 21.3. The van der Waals surface area contributed by atoms with Crippen LogP contribution in [0.4, 0.5) is 0 Å². The van der Waals surface area contributed by atoms with E-state index in [0.717, 1.165) is 48.3 Å². The Morgan fingerprint density at radius 1 is 1.12 bits per heavy atom. The number of aryl methyl sites for hydroxylation is 1. The average Bonchev–Trinajstić information content (AvgIpc) is 3.58. The van der Waals surface area contributed by atoms with E-state index in [1.54, 1.807) is 17.1 Å². The number of pyridine rings is 1. The second-order valence-electron chi connectivity index (χ2n) is 8.15. The third-order valence-corrected chi connectivity index (χ3v) is 5.91. The molecule has 10 heteroatoms. The molecule has 162 valence electrons. The monoisotopic (exact) mass is 429 g/mol. The second-order valence-corrected chi connectivity index (χ2v) is 8.15. The van der Waals surface area contributed by atoms with Crippen LogP contribution in [0.15, 0.2) is 49.2 Å². The Kier molecular flexibility index (Phi) is 4.83. The highest BCUT2D eigenvalue weighted by molar-refractivity contribution is 5.69. The molecule has 1 atom stereocenters. The molecule has 0 saturated carbocycles. The van der Waals surface area contributed by atoms with E-state index in [1.807, 2.05) is 39.9 Å². The summed E-state index contributed by atoms with van der Waals surface area (Å²) in [5.41, 5.74) is 4.99. The molecule has 0 bridgehead atoms. The zero-order valence-electron chi connectivity index (χ0n) is 17.6. The van der Waals surface area contributed by atoms with Gasteiger partial charge in [0.2, 0.25) is 5.65 Å².